The molecule has 6 rings (SSSR count). The highest BCUT2D eigenvalue weighted by molar-refractivity contribution is 6.22. The summed E-state index contributed by atoms with van der Waals surface area (Å²) >= 11 is 6.17. The monoisotopic (exact) mass is 455 g/mol. The van der Waals surface area contributed by atoms with Crippen molar-refractivity contribution in [3.05, 3.63) is 95.9 Å². The van der Waals surface area contributed by atoms with Crippen molar-refractivity contribution < 1.29 is 9.18 Å². The smallest absolute Gasteiger partial charge is 0.231 e. The number of halogens is 2. The number of benzene rings is 2. The highest BCUT2D eigenvalue weighted by Gasteiger charge is 2.37. The third-order valence-electron chi connectivity index (χ3n) is 6.32. The van der Waals surface area contributed by atoms with Crippen LogP contribution in [-0.2, 0) is 4.79 Å². The normalized spacial score (nSPS) is 23.8. The molecule has 0 fully saturated rings. The third kappa shape index (κ3) is 3.40. The molecule has 3 unspecified atom stereocenters. The quantitative estimate of drug-likeness (QED) is 0.431. The summed E-state index contributed by atoms with van der Waals surface area (Å²) in [7, 11) is 0. The Bertz CT molecular complexity index is 1420. The maximum Gasteiger partial charge on any atom is 0.231 e. The Morgan fingerprint density at radius 2 is 1.97 bits per heavy atom. The van der Waals surface area contributed by atoms with Gasteiger partial charge >= 0.3 is 0 Å². The first-order valence-electron chi connectivity index (χ1n) is 10.8. The molecule has 3 aliphatic rings. The van der Waals surface area contributed by atoms with E-state index in [1.54, 1.807) is 17.1 Å². The molecule has 3 heterocycles. The first-order valence-corrected chi connectivity index (χ1v) is 11.3. The molecule has 162 valence electrons. The third-order valence-corrected chi connectivity index (χ3v) is 6.68. The van der Waals surface area contributed by atoms with Gasteiger partial charge in [0.15, 0.2) is 0 Å². The number of carbonyl (C=O) groups is 1. The summed E-state index contributed by atoms with van der Waals surface area (Å²) in [5, 5.41) is 0.256. The van der Waals surface area contributed by atoms with E-state index in [0.29, 0.717) is 5.70 Å². The fourth-order valence-electron chi connectivity index (χ4n) is 4.65. The Hall–Kier alpha value is -3.57. The van der Waals surface area contributed by atoms with Crippen molar-refractivity contribution in [1.29, 1.82) is 0 Å². The molecule has 0 saturated carbocycles. The van der Waals surface area contributed by atoms with Crippen molar-refractivity contribution in [2.75, 3.05) is 0 Å². The molecule has 4 nitrogen and oxygen atoms in total. The van der Waals surface area contributed by atoms with Crippen molar-refractivity contribution in [2.45, 2.75) is 24.0 Å². The Morgan fingerprint density at radius 3 is 2.85 bits per heavy atom. The highest BCUT2D eigenvalue weighted by atomic mass is 35.5. The predicted molar refractivity (Wildman–Crippen MR) is 129 cm³/mol. The van der Waals surface area contributed by atoms with Crippen molar-refractivity contribution in [2.24, 2.45) is 4.99 Å². The van der Waals surface area contributed by atoms with Crippen molar-refractivity contribution in [3.8, 4) is 11.1 Å². The van der Waals surface area contributed by atoms with Crippen LogP contribution in [0.4, 0.5) is 10.1 Å². The molecular weight excluding hydrogens is 437 g/mol. The van der Waals surface area contributed by atoms with E-state index in [0.717, 1.165) is 38.9 Å². The number of amides is 1. The number of allylic oxidation sites excluding steroid dienone is 3. The van der Waals surface area contributed by atoms with E-state index in [1.165, 1.54) is 6.08 Å². The highest BCUT2D eigenvalue weighted by Crippen LogP contribution is 2.44. The first-order chi connectivity index (χ1) is 16.1. The molecule has 0 N–H and O–H groups in total. The molecule has 0 spiro atoms. The fraction of sp³-hybridized carbons (Fsp3) is 0.148. The van der Waals surface area contributed by atoms with Gasteiger partial charge in [-0.15, -0.1) is 11.6 Å². The summed E-state index contributed by atoms with van der Waals surface area (Å²) < 4.78 is 13.9. The minimum atomic E-state index is -1.27. The van der Waals surface area contributed by atoms with E-state index in [4.69, 9.17) is 11.6 Å². The number of aromatic nitrogens is 1. The molecule has 1 amide bonds. The summed E-state index contributed by atoms with van der Waals surface area (Å²) in [5.74, 6) is -0.0557. The van der Waals surface area contributed by atoms with Gasteiger partial charge in [-0.25, -0.2) is 4.39 Å². The fourth-order valence-corrected chi connectivity index (χ4v) is 4.87. The average Bonchev–Trinajstić information content (AvgIpc) is 2.85. The zero-order valence-electron chi connectivity index (χ0n) is 17.5. The zero-order valence-corrected chi connectivity index (χ0v) is 18.3. The molecule has 3 aromatic rings. The van der Waals surface area contributed by atoms with E-state index in [2.05, 4.69) is 22.1 Å². The second-order valence-corrected chi connectivity index (χ2v) is 8.87. The standard InChI is InChI=1S/C27H19ClFN3O/c28-22-13-20(7-8-23(22)29)32-26(33)10-6-18-14-31-25-9-5-16(12-21(25)27(18)32)19-11-17-3-1-2-4-24(17)30-15-19/h1-9,11-15,22-23,27H,10H2. The molecule has 2 aromatic carbocycles. The van der Waals surface area contributed by atoms with Gasteiger partial charge in [-0.05, 0) is 53.6 Å². The van der Waals surface area contributed by atoms with Gasteiger partial charge in [-0.2, -0.15) is 0 Å². The van der Waals surface area contributed by atoms with Crippen LogP contribution >= 0.6 is 11.6 Å². The van der Waals surface area contributed by atoms with Crippen LogP contribution in [0.15, 0.2) is 95.3 Å². The van der Waals surface area contributed by atoms with Crippen LogP contribution < -0.4 is 0 Å². The minimum absolute atomic E-state index is 0.0557. The molecule has 0 bridgehead atoms. The van der Waals surface area contributed by atoms with Crippen molar-refractivity contribution in [3.63, 3.8) is 0 Å². The van der Waals surface area contributed by atoms with E-state index >= 15 is 0 Å². The topological polar surface area (TPSA) is 45.6 Å². The summed E-state index contributed by atoms with van der Waals surface area (Å²) in [6.45, 7) is 0. The van der Waals surface area contributed by atoms with E-state index in [9.17, 15) is 9.18 Å². The second-order valence-electron chi connectivity index (χ2n) is 8.36. The number of hydrogen-bond acceptors (Lipinski definition) is 3. The zero-order chi connectivity index (χ0) is 22.5. The maximum absolute atomic E-state index is 13.9. The van der Waals surface area contributed by atoms with Crippen LogP contribution in [0.2, 0.25) is 0 Å². The van der Waals surface area contributed by atoms with Crippen molar-refractivity contribution in [1.82, 2.24) is 9.88 Å². The SMILES string of the molecule is O=C1CC=C2C=Nc3ccc(-c4cnc5ccccc5c4)cc3C2N1C1=CC(Cl)C(F)C=C1. The van der Waals surface area contributed by atoms with Crippen molar-refractivity contribution >= 4 is 40.3 Å². The van der Waals surface area contributed by atoms with Crippen LogP contribution in [0.5, 0.6) is 0 Å². The molecule has 3 atom stereocenters. The minimum Gasteiger partial charge on any atom is -0.301 e. The number of nitrogens with zero attached hydrogens (tertiary/aromatic N) is 3. The van der Waals surface area contributed by atoms with Gasteiger partial charge in [0.25, 0.3) is 0 Å². The lowest BCUT2D eigenvalue weighted by Crippen LogP contribution is -2.39. The lowest BCUT2D eigenvalue weighted by atomic mass is 9.87. The molecule has 0 radical (unpaired) electrons. The molecular formula is C27H19ClFN3O. The number of alkyl halides is 2. The van der Waals surface area contributed by atoms with Gasteiger partial charge in [-0.3, -0.25) is 14.8 Å². The summed E-state index contributed by atoms with van der Waals surface area (Å²) in [4.78, 5) is 24.0. The van der Waals surface area contributed by atoms with Gasteiger partial charge in [-0.1, -0.05) is 30.3 Å². The lowest BCUT2D eigenvalue weighted by Gasteiger charge is -2.39. The summed E-state index contributed by atoms with van der Waals surface area (Å²) in [5.41, 5.74) is 6.21. The number of para-hydroxylation sites is 1. The maximum atomic E-state index is 13.9. The predicted octanol–water partition coefficient (Wildman–Crippen LogP) is 6.22. The number of fused-ring (bicyclic) bond motifs is 4. The molecule has 33 heavy (non-hydrogen) atoms. The first kappa shape index (κ1) is 20.1. The Balaban J connectivity index is 1.47. The molecule has 0 saturated heterocycles. The number of carbonyl (C=O) groups excluding carboxylic acids is 1. The number of aliphatic imine (C=N–C) groups is 1. The van der Waals surface area contributed by atoms with E-state index < -0.39 is 11.5 Å². The van der Waals surface area contributed by atoms with Crippen LogP contribution in [0, 0.1) is 0 Å². The van der Waals surface area contributed by atoms with Crippen LogP contribution in [-0.4, -0.2) is 33.6 Å². The van der Waals surface area contributed by atoms with Crippen LogP contribution in [0.25, 0.3) is 22.0 Å². The molecule has 1 aliphatic carbocycles. The van der Waals surface area contributed by atoms with E-state index in [-0.39, 0.29) is 18.4 Å². The van der Waals surface area contributed by atoms with Gasteiger partial charge in [0.2, 0.25) is 5.91 Å². The summed E-state index contributed by atoms with van der Waals surface area (Å²) in [6, 6.07) is 15.8. The summed E-state index contributed by atoms with van der Waals surface area (Å²) in [6.07, 6.45) is 9.27. The number of rotatable bonds is 2. The second kappa shape index (κ2) is 7.78. The largest absolute Gasteiger partial charge is 0.301 e. The molecule has 6 heteroatoms. The van der Waals surface area contributed by atoms with Gasteiger partial charge in [0.1, 0.15) is 6.17 Å². The number of pyridine rings is 1. The lowest BCUT2D eigenvalue weighted by molar-refractivity contribution is -0.130. The Morgan fingerprint density at radius 1 is 1.09 bits per heavy atom. The van der Waals surface area contributed by atoms with E-state index in [1.807, 2.05) is 54.9 Å². The van der Waals surface area contributed by atoms with Gasteiger partial charge in [0.05, 0.1) is 22.6 Å². The van der Waals surface area contributed by atoms with Crippen LogP contribution in [0.3, 0.4) is 0 Å². The van der Waals surface area contributed by atoms with Crippen LogP contribution in [0.1, 0.15) is 18.0 Å². The number of hydrogen-bond donors (Lipinski definition) is 0. The van der Waals surface area contributed by atoms with Gasteiger partial charge < -0.3 is 4.90 Å². The molecule has 2 aliphatic heterocycles. The Labute approximate surface area is 195 Å². The van der Waals surface area contributed by atoms with Gasteiger partial charge in [0, 0.05) is 41.0 Å². The molecule has 1 aromatic heterocycles. The average molecular weight is 456 g/mol. The Kier molecular flexibility index (Phi) is 4.73.